The van der Waals surface area contributed by atoms with Crippen LogP contribution in [0.2, 0.25) is 0 Å². The van der Waals surface area contributed by atoms with Crippen molar-refractivity contribution in [2.24, 2.45) is 0 Å². The van der Waals surface area contributed by atoms with E-state index in [-0.39, 0.29) is 0 Å². The monoisotopic (exact) mass is 303 g/mol. The number of hydrogen-bond acceptors (Lipinski definition) is 3. The van der Waals surface area contributed by atoms with Crippen LogP contribution in [0.4, 0.5) is 5.69 Å². The molecule has 1 aromatic heterocycles. The second-order valence-corrected chi connectivity index (χ2v) is 5.49. The summed E-state index contributed by atoms with van der Waals surface area (Å²) in [5.74, 6) is 0.902. The van der Waals surface area contributed by atoms with Gasteiger partial charge in [0.25, 0.3) is 0 Å². The zero-order valence-electron chi connectivity index (χ0n) is 12.8. The lowest BCUT2D eigenvalue weighted by Crippen LogP contribution is -2.02. The van der Waals surface area contributed by atoms with Crippen molar-refractivity contribution < 1.29 is 4.74 Å². The summed E-state index contributed by atoms with van der Waals surface area (Å²) in [6.07, 6.45) is 1.83. The topological polar surface area (TPSA) is 49.9 Å². The van der Waals surface area contributed by atoms with E-state index < -0.39 is 0 Å². The summed E-state index contributed by atoms with van der Waals surface area (Å²) in [4.78, 5) is 0. The van der Waals surface area contributed by atoms with Gasteiger partial charge in [-0.15, -0.1) is 0 Å². The minimum absolute atomic E-state index is 0.699. The van der Waals surface area contributed by atoms with E-state index in [4.69, 9.17) is 4.74 Å². The molecule has 0 aliphatic rings. The summed E-state index contributed by atoms with van der Waals surface area (Å²) >= 11 is 0. The van der Waals surface area contributed by atoms with Gasteiger partial charge in [0.15, 0.2) is 0 Å². The van der Waals surface area contributed by atoms with E-state index in [1.807, 2.05) is 12.3 Å². The molecule has 0 aliphatic carbocycles. The molecule has 114 valence electrons. The number of benzene rings is 3. The lowest BCUT2D eigenvalue weighted by molar-refractivity contribution is 0.411. The van der Waals surface area contributed by atoms with Gasteiger partial charge in [-0.1, -0.05) is 30.3 Å². The molecule has 0 bridgehead atoms. The summed E-state index contributed by atoms with van der Waals surface area (Å²) in [7, 11) is 1.71. The van der Waals surface area contributed by atoms with Gasteiger partial charge < -0.3 is 10.1 Å². The molecule has 4 nitrogen and oxygen atoms in total. The smallest absolute Gasteiger partial charge is 0.124 e. The van der Waals surface area contributed by atoms with Gasteiger partial charge in [-0.25, -0.2) is 0 Å². The number of rotatable bonds is 4. The van der Waals surface area contributed by atoms with Crippen molar-refractivity contribution in [3.05, 3.63) is 66.4 Å². The molecule has 2 N–H and O–H groups in total. The Hall–Kier alpha value is -3.01. The third-order valence-electron chi connectivity index (χ3n) is 4.13. The number of fused-ring (bicyclic) bond motifs is 2. The molecule has 0 amide bonds. The number of ether oxygens (including phenoxy) is 1. The first-order valence-electron chi connectivity index (χ1n) is 7.57. The van der Waals surface area contributed by atoms with E-state index in [0.717, 1.165) is 27.9 Å². The number of H-pyrrole nitrogens is 1. The first-order chi connectivity index (χ1) is 11.3. The van der Waals surface area contributed by atoms with E-state index in [9.17, 15) is 0 Å². The van der Waals surface area contributed by atoms with E-state index in [0.29, 0.717) is 6.54 Å². The maximum atomic E-state index is 5.54. The summed E-state index contributed by atoms with van der Waals surface area (Å²) in [6, 6.07) is 18.7. The van der Waals surface area contributed by atoms with Crippen molar-refractivity contribution in [3.63, 3.8) is 0 Å². The van der Waals surface area contributed by atoms with E-state index in [2.05, 4.69) is 64.0 Å². The van der Waals surface area contributed by atoms with Crippen LogP contribution in [0.3, 0.4) is 0 Å². The fourth-order valence-electron chi connectivity index (χ4n) is 2.93. The van der Waals surface area contributed by atoms with Gasteiger partial charge in [0, 0.05) is 23.2 Å². The Balaban J connectivity index is 1.68. The first kappa shape index (κ1) is 13.6. The number of hydrogen-bond donors (Lipinski definition) is 2. The van der Waals surface area contributed by atoms with Crippen LogP contribution >= 0.6 is 0 Å². The number of nitrogens with zero attached hydrogens (tertiary/aromatic N) is 1. The molecule has 0 atom stereocenters. The quantitative estimate of drug-likeness (QED) is 0.590. The Morgan fingerprint density at radius 1 is 1.04 bits per heavy atom. The maximum absolute atomic E-state index is 5.54. The summed E-state index contributed by atoms with van der Waals surface area (Å²) in [6.45, 7) is 0.699. The van der Waals surface area contributed by atoms with Gasteiger partial charge in [-0.2, -0.15) is 5.10 Å². The van der Waals surface area contributed by atoms with Crippen LogP contribution in [0, 0.1) is 0 Å². The maximum Gasteiger partial charge on any atom is 0.124 e. The molecule has 0 fully saturated rings. The van der Waals surface area contributed by atoms with Crippen LogP contribution in [0.25, 0.3) is 21.7 Å². The van der Waals surface area contributed by atoms with Gasteiger partial charge in [0.1, 0.15) is 5.75 Å². The molecule has 1 heterocycles. The van der Waals surface area contributed by atoms with Crippen molar-refractivity contribution in [2.45, 2.75) is 6.54 Å². The molecular formula is C19H17N3O. The largest absolute Gasteiger partial charge is 0.496 e. The Kier molecular flexibility index (Phi) is 3.35. The molecular weight excluding hydrogens is 286 g/mol. The minimum Gasteiger partial charge on any atom is -0.496 e. The zero-order chi connectivity index (χ0) is 15.6. The third kappa shape index (κ3) is 2.48. The van der Waals surface area contributed by atoms with Crippen molar-refractivity contribution >= 4 is 27.4 Å². The molecule has 4 aromatic rings. The third-order valence-corrected chi connectivity index (χ3v) is 4.13. The van der Waals surface area contributed by atoms with Gasteiger partial charge in [-0.3, -0.25) is 5.10 Å². The Morgan fingerprint density at radius 3 is 2.83 bits per heavy atom. The van der Waals surface area contributed by atoms with E-state index >= 15 is 0 Å². The number of anilines is 1. The molecule has 0 unspecified atom stereocenters. The van der Waals surface area contributed by atoms with Crippen LogP contribution in [-0.4, -0.2) is 17.3 Å². The molecule has 4 rings (SSSR count). The SMILES string of the molecule is COc1ccc2ccccc2c1CNc1ccc2cn[nH]c2c1. The molecule has 0 spiro atoms. The fourth-order valence-corrected chi connectivity index (χ4v) is 2.93. The predicted molar refractivity (Wildman–Crippen MR) is 93.9 cm³/mol. The van der Waals surface area contributed by atoms with E-state index in [1.54, 1.807) is 7.11 Å². The van der Waals surface area contributed by atoms with Crippen molar-refractivity contribution in [1.29, 1.82) is 0 Å². The lowest BCUT2D eigenvalue weighted by Gasteiger charge is -2.14. The first-order valence-corrected chi connectivity index (χ1v) is 7.57. The van der Waals surface area contributed by atoms with Crippen LogP contribution in [-0.2, 0) is 6.54 Å². The standard InChI is InChI=1S/C19H17N3O/c1-23-19-9-7-13-4-2-3-5-16(13)17(19)12-20-15-8-6-14-11-21-22-18(14)10-15/h2-11,20H,12H2,1H3,(H,21,22). The number of aromatic amines is 1. The van der Waals surface area contributed by atoms with Gasteiger partial charge in [-0.05, 0) is 35.0 Å². The fraction of sp³-hybridized carbons (Fsp3) is 0.105. The van der Waals surface area contributed by atoms with Crippen molar-refractivity contribution in [3.8, 4) is 5.75 Å². The Bertz CT molecular complexity index is 975. The number of nitrogens with one attached hydrogen (secondary N) is 2. The second kappa shape index (κ2) is 5.65. The van der Waals surface area contributed by atoms with Crippen LogP contribution < -0.4 is 10.1 Å². The molecule has 0 saturated heterocycles. The molecule has 3 aromatic carbocycles. The van der Waals surface area contributed by atoms with Crippen LogP contribution in [0.15, 0.2) is 60.8 Å². The van der Waals surface area contributed by atoms with Crippen LogP contribution in [0.5, 0.6) is 5.75 Å². The van der Waals surface area contributed by atoms with Gasteiger partial charge in [0.05, 0.1) is 18.8 Å². The van der Waals surface area contributed by atoms with Gasteiger partial charge in [0.2, 0.25) is 0 Å². The minimum atomic E-state index is 0.699. The molecule has 0 saturated carbocycles. The van der Waals surface area contributed by atoms with Crippen LogP contribution in [0.1, 0.15) is 5.56 Å². The highest BCUT2D eigenvalue weighted by Gasteiger charge is 2.08. The lowest BCUT2D eigenvalue weighted by atomic mass is 10.0. The van der Waals surface area contributed by atoms with Crippen molar-refractivity contribution in [1.82, 2.24) is 10.2 Å². The number of aromatic nitrogens is 2. The highest BCUT2D eigenvalue weighted by molar-refractivity contribution is 5.88. The number of methoxy groups -OCH3 is 1. The summed E-state index contributed by atoms with van der Waals surface area (Å²) in [5, 5.41) is 14.1. The molecule has 0 radical (unpaired) electrons. The molecule has 23 heavy (non-hydrogen) atoms. The molecule has 0 aliphatic heterocycles. The average molecular weight is 303 g/mol. The highest BCUT2D eigenvalue weighted by Crippen LogP contribution is 2.29. The average Bonchev–Trinajstić information content (AvgIpc) is 3.07. The Morgan fingerprint density at radius 2 is 1.91 bits per heavy atom. The second-order valence-electron chi connectivity index (χ2n) is 5.49. The zero-order valence-corrected chi connectivity index (χ0v) is 12.8. The molecule has 4 heteroatoms. The normalized spacial score (nSPS) is 11.0. The Labute approximate surface area is 134 Å². The predicted octanol–water partition coefficient (Wildman–Crippen LogP) is 4.34. The van der Waals surface area contributed by atoms with E-state index in [1.165, 1.54) is 10.8 Å². The summed E-state index contributed by atoms with van der Waals surface area (Å²) in [5.41, 5.74) is 3.24. The summed E-state index contributed by atoms with van der Waals surface area (Å²) < 4.78 is 5.54. The van der Waals surface area contributed by atoms with Gasteiger partial charge >= 0.3 is 0 Å². The highest BCUT2D eigenvalue weighted by atomic mass is 16.5. The van der Waals surface area contributed by atoms with Crippen molar-refractivity contribution in [2.75, 3.05) is 12.4 Å².